The molecule has 0 radical (unpaired) electrons. The van der Waals surface area contributed by atoms with E-state index < -0.39 is 26.0 Å². The van der Waals surface area contributed by atoms with Crippen LogP contribution in [0.25, 0.3) is 0 Å². The van der Waals surface area contributed by atoms with E-state index in [9.17, 15) is 21.6 Å². The predicted octanol–water partition coefficient (Wildman–Crippen LogP) is 4.11. The van der Waals surface area contributed by atoms with Gasteiger partial charge in [0.1, 0.15) is 0 Å². The second-order valence-electron chi connectivity index (χ2n) is 8.91. The van der Waals surface area contributed by atoms with Gasteiger partial charge in [-0.15, -0.1) is 0 Å². The number of benzene rings is 3. The summed E-state index contributed by atoms with van der Waals surface area (Å²) in [5, 5.41) is 2.73. The molecule has 3 aromatic carbocycles. The van der Waals surface area contributed by atoms with Gasteiger partial charge in [-0.1, -0.05) is 24.3 Å². The van der Waals surface area contributed by atoms with Gasteiger partial charge in [-0.25, -0.2) is 31.5 Å². The SMILES string of the molecule is Cc1cccc(N(Cc2ccc(C(=O)Nc3ccc(S(=O)(=O)Nc4nccc(C)n4)cc3)cc2)S(C)(=O)=O)c1. The van der Waals surface area contributed by atoms with Crippen LogP contribution in [0.5, 0.6) is 0 Å². The van der Waals surface area contributed by atoms with Crippen molar-refractivity contribution >= 4 is 43.3 Å². The van der Waals surface area contributed by atoms with E-state index in [2.05, 4.69) is 20.0 Å². The van der Waals surface area contributed by atoms with Crippen LogP contribution in [0.2, 0.25) is 0 Å². The molecule has 0 saturated carbocycles. The third kappa shape index (κ3) is 7.18. The second-order valence-corrected chi connectivity index (χ2v) is 12.5. The Morgan fingerprint density at radius 2 is 1.59 bits per heavy atom. The maximum Gasteiger partial charge on any atom is 0.264 e. The molecule has 10 nitrogen and oxygen atoms in total. The molecule has 1 aromatic heterocycles. The molecular weight excluding hydrogens is 538 g/mol. The van der Waals surface area contributed by atoms with Gasteiger partial charge >= 0.3 is 0 Å². The summed E-state index contributed by atoms with van der Waals surface area (Å²) >= 11 is 0. The van der Waals surface area contributed by atoms with Crippen LogP contribution in [-0.2, 0) is 26.6 Å². The van der Waals surface area contributed by atoms with E-state index in [1.165, 1.54) is 34.8 Å². The van der Waals surface area contributed by atoms with E-state index in [0.717, 1.165) is 11.8 Å². The first-order chi connectivity index (χ1) is 18.4. The van der Waals surface area contributed by atoms with Gasteiger partial charge in [0.25, 0.3) is 15.9 Å². The number of amides is 1. The highest BCUT2D eigenvalue weighted by atomic mass is 32.2. The van der Waals surface area contributed by atoms with Crippen molar-refractivity contribution in [3.05, 3.63) is 107 Å². The third-order valence-corrected chi connectivity index (χ3v) is 8.16. The van der Waals surface area contributed by atoms with E-state index in [1.54, 1.807) is 55.5 Å². The number of nitrogens with zero attached hydrogens (tertiary/aromatic N) is 3. The van der Waals surface area contributed by atoms with Crippen molar-refractivity contribution in [1.29, 1.82) is 0 Å². The standard InChI is InChI=1S/C27H27N5O5S2/c1-19-5-4-6-24(17-19)32(38(3,34)35)18-21-7-9-22(10-8-21)26(33)30-23-11-13-25(14-12-23)39(36,37)31-27-28-16-15-20(2)29-27/h4-17H,18H2,1-3H3,(H,30,33)(H,28,29,31). The first kappa shape index (κ1) is 27.7. The fourth-order valence-electron chi connectivity index (χ4n) is 3.71. The zero-order valence-corrected chi connectivity index (χ0v) is 23.1. The number of hydrogen-bond acceptors (Lipinski definition) is 7. The zero-order valence-electron chi connectivity index (χ0n) is 21.5. The Bertz CT molecular complexity index is 1710. The molecule has 0 aliphatic rings. The molecule has 0 atom stereocenters. The summed E-state index contributed by atoms with van der Waals surface area (Å²) in [6.45, 7) is 3.73. The van der Waals surface area contributed by atoms with E-state index in [4.69, 9.17) is 0 Å². The van der Waals surface area contributed by atoms with E-state index in [-0.39, 0.29) is 17.4 Å². The number of anilines is 3. The monoisotopic (exact) mass is 565 g/mol. The van der Waals surface area contributed by atoms with Gasteiger partial charge in [-0.3, -0.25) is 9.10 Å². The van der Waals surface area contributed by atoms with Crippen molar-refractivity contribution in [2.24, 2.45) is 0 Å². The average molecular weight is 566 g/mol. The molecule has 39 heavy (non-hydrogen) atoms. The summed E-state index contributed by atoms with van der Waals surface area (Å²) in [6.07, 6.45) is 2.61. The molecular formula is C27H27N5O5S2. The lowest BCUT2D eigenvalue weighted by Crippen LogP contribution is -2.29. The summed E-state index contributed by atoms with van der Waals surface area (Å²) in [5.41, 5.74) is 3.58. The van der Waals surface area contributed by atoms with Gasteiger partial charge < -0.3 is 5.32 Å². The predicted molar refractivity (Wildman–Crippen MR) is 151 cm³/mol. The smallest absolute Gasteiger partial charge is 0.264 e. The highest BCUT2D eigenvalue weighted by Crippen LogP contribution is 2.22. The van der Waals surface area contributed by atoms with Crippen molar-refractivity contribution < 1.29 is 21.6 Å². The fourth-order valence-corrected chi connectivity index (χ4v) is 5.54. The quantitative estimate of drug-likeness (QED) is 0.311. The van der Waals surface area contributed by atoms with E-state index in [1.807, 2.05) is 13.0 Å². The molecule has 4 aromatic rings. The largest absolute Gasteiger partial charge is 0.322 e. The summed E-state index contributed by atoms with van der Waals surface area (Å²) in [6, 6.07) is 21.1. The Morgan fingerprint density at radius 3 is 2.21 bits per heavy atom. The lowest BCUT2D eigenvalue weighted by molar-refractivity contribution is 0.102. The van der Waals surface area contributed by atoms with Crippen molar-refractivity contribution in [2.75, 3.05) is 20.6 Å². The molecule has 202 valence electrons. The van der Waals surface area contributed by atoms with Crippen molar-refractivity contribution in [3.63, 3.8) is 0 Å². The Kier molecular flexibility index (Phi) is 7.98. The van der Waals surface area contributed by atoms with Crippen LogP contribution in [0.15, 0.2) is 90.0 Å². The Balaban J connectivity index is 1.42. The lowest BCUT2D eigenvalue weighted by Gasteiger charge is -2.23. The van der Waals surface area contributed by atoms with Crippen LogP contribution in [0.4, 0.5) is 17.3 Å². The number of sulfonamides is 2. The number of aromatic nitrogens is 2. The normalized spacial score (nSPS) is 11.6. The fraction of sp³-hybridized carbons (Fsp3) is 0.148. The number of hydrogen-bond donors (Lipinski definition) is 2. The molecule has 0 unspecified atom stereocenters. The minimum atomic E-state index is -3.91. The van der Waals surface area contributed by atoms with Crippen LogP contribution in [0.1, 0.15) is 27.2 Å². The van der Waals surface area contributed by atoms with Gasteiger partial charge in [-0.2, -0.15) is 0 Å². The molecule has 4 rings (SSSR count). The summed E-state index contributed by atoms with van der Waals surface area (Å²) < 4.78 is 53.7. The number of aryl methyl sites for hydroxylation is 2. The lowest BCUT2D eigenvalue weighted by atomic mass is 10.1. The Hall–Kier alpha value is -4.29. The van der Waals surface area contributed by atoms with Crippen LogP contribution >= 0.6 is 0 Å². The molecule has 0 aliphatic heterocycles. The molecule has 0 bridgehead atoms. The maximum absolute atomic E-state index is 12.8. The molecule has 0 fully saturated rings. The summed E-state index contributed by atoms with van der Waals surface area (Å²) in [5.74, 6) is -0.434. The molecule has 1 amide bonds. The number of carbonyl (C=O) groups excluding carboxylic acids is 1. The molecule has 0 spiro atoms. The van der Waals surface area contributed by atoms with Gasteiger partial charge in [0.15, 0.2) is 0 Å². The number of nitrogens with one attached hydrogen (secondary N) is 2. The summed E-state index contributed by atoms with van der Waals surface area (Å²) in [7, 11) is -7.44. The Morgan fingerprint density at radius 1 is 0.897 bits per heavy atom. The van der Waals surface area contributed by atoms with Crippen LogP contribution < -0.4 is 14.3 Å². The topological polar surface area (TPSA) is 138 Å². The molecule has 0 aliphatic carbocycles. The molecule has 1 heterocycles. The minimum absolute atomic E-state index is 0.0148. The maximum atomic E-state index is 12.8. The van der Waals surface area contributed by atoms with Gasteiger partial charge in [0.05, 0.1) is 23.4 Å². The zero-order chi connectivity index (χ0) is 28.2. The number of carbonyl (C=O) groups is 1. The van der Waals surface area contributed by atoms with Crippen LogP contribution in [-0.4, -0.2) is 39.0 Å². The molecule has 0 saturated heterocycles. The first-order valence-electron chi connectivity index (χ1n) is 11.8. The minimum Gasteiger partial charge on any atom is -0.322 e. The van der Waals surface area contributed by atoms with Gasteiger partial charge in [0.2, 0.25) is 16.0 Å². The van der Waals surface area contributed by atoms with Gasteiger partial charge in [0, 0.05) is 23.1 Å². The molecule has 12 heteroatoms. The van der Waals surface area contributed by atoms with E-state index >= 15 is 0 Å². The third-order valence-electron chi connectivity index (χ3n) is 5.68. The molecule has 2 N–H and O–H groups in total. The van der Waals surface area contributed by atoms with Crippen molar-refractivity contribution in [1.82, 2.24) is 9.97 Å². The van der Waals surface area contributed by atoms with Crippen LogP contribution in [0, 0.1) is 13.8 Å². The second kappa shape index (κ2) is 11.2. The van der Waals surface area contributed by atoms with Gasteiger partial charge in [-0.05, 0) is 79.6 Å². The van der Waals surface area contributed by atoms with Crippen molar-refractivity contribution in [3.8, 4) is 0 Å². The Labute approximate surface area is 227 Å². The summed E-state index contributed by atoms with van der Waals surface area (Å²) in [4.78, 5) is 20.7. The van der Waals surface area contributed by atoms with Crippen molar-refractivity contribution in [2.45, 2.75) is 25.3 Å². The highest BCUT2D eigenvalue weighted by Gasteiger charge is 2.19. The number of rotatable bonds is 9. The highest BCUT2D eigenvalue weighted by molar-refractivity contribution is 7.92. The van der Waals surface area contributed by atoms with Crippen LogP contribution in [0.3, 0.4) is 0 Å². The first-order valence-corrected chi connectivity index (χ1v) is 15.1. The van der Waals surface area contributed by atoms with E-state index in [0.29, 0.717) is 28.2 Å². The average Bonchev–Trinajstić information content (AvgIpc) is 2.87.